The van der Waals surface area contributed by atoms with E-state index in [-0.39, 0.29) is 12.4 Å². The highest BCUT2D eigenvalue weighted by Crippen LogP contribution is 2.29. The van der Waals surface area contributed by atoms with Crippen molar-refractivity contribution in [3.8, 4) is 5.69 Å². The number of fused-ring (bicyclic) bond motifs is 1. The summed E-state index contributed by atoms with van der Waals surface area (Å²) in [4.78, 5) is 4.39. The first-order valence-corrected chi connectivity index (χ1v) is 7.14. The Bertz CT molecular complexity index is 845. The molecule has 0 bridgehead atoms. The van der Waals surface area contributed by atoms with Crippen molar-refractivity contribution in [3.05, 3.63) is 52.0 Å². The van der Waals surface area contributed by atoms with E-state index < -0.39 is 0 Å². The lowest BCUT2D eigenvalue weighted by Gasteiger charge is -2.12. The van der Waals surface area contributed by atoms with Crippen LogP contribution in [0.15, 0.2) is 34.8 Å². The molecule has 3 rings (SSSR count). The Morgan fingerprint density at radius 2 is 2.10 bits per heavy atom. The van der Waals surface area contributed by atoms with Crippen molar-refractivity contribution in [2.75, 3.05) is 5.73 Å². The molecule has 0 aliphatic heterocycles. The third kappa shape index (κ3) is 2.30. The van der Waals surface area contributed by atoms with Crippen LogP contribution in [0.3, 0.4) is 0 Å². The lowest BCUT2D eigenvalue weighted by Crippen LogP contribution is -2.04. The lowest BCUT2D eigenvalue weighted by atomic mass is 10.2. The number of imidazole rings is 1. The molecule has 0 fully saturated rings. The predicted octanol–water partition coefficient (Wildman–Crippen LogP) is 3.31. The van der Waals surface area contributed by atoms with Crippen LogP contribution in [0.1, 0.15) is 11.4 Å². The quantitative estimate of drug-likeness (QED) is 0.697. The zero-order valence-electron chi connectivity index (χ0n) is 11.3. The Kier molecular flexibility index (Phi) is 3.43. The Morgan fingerprint density at radius 1 is 1.33 bits per heavy atom. The monoisotopic (exact) mass is 349 g/mol. The van der Waals surface area contributed by atoms with Crippen LogP contribution in [-0.4, -0.2) is 14.7 Å². The molecule has 1 aromatic heterocycles. The number of aliphatic hydroxyl groups excluding tert-OH is 1. The molecule has 1 heterocycles. The second kappa shape index (κ2) is 5.13. The third-order valence-electron chi connectivity index (χ3n) is 3.37. The summed E-state index contributed by atoms with van der Waals surface area (Å²) in [6, 6.07) is 8.49. The van der Waals surface area contributed by atoms with E-state index in [4.69, 9.17) is 5.73 Å². The second-order valence-corrected chi connectivity index (χ2v) is 5.68. The van der Waals surface area contributed by atoms with E-state index in [0.717, 1.165) is 16.8 Å². The van der Waals surface area contributed by atoms with Gasteiger partial charge in [0.2, 0.25) is 0 Å². The van der Waals surface area contributed by atoms with Gasteiger partial charge >= 0.3 is 0 Å². The van der Waals surface area contributed by atoms with Crippen LogP contribution < -0.4 is 5.73 Å². The molecule has 6 heteroatoms. The predicted molar refractivity (Wildman–Crippen MR) is 83.8 cm³/mol. The van der Waals surface area contributed by atoms with Gasteiger partial charge in [0.25, 0.3) is 0 Å². The van der Waals surface area contributed by atoms with E-state index in [1.54, 1.807) is 18.2 Å². The molecule has 0 atom stereocenters. The number of nitrogens with zero attached hydrogens (tertiary/aromatic N) is 2. The summed E-state index contributed by atoms with van der Waals surface area (Å²) in [6.07, 6.45) is 0. The molecule has 2 aromatic carbocycles. The molecule has 0 radical (unpaired) electrons. The highest BCUT2D eigenvalue weighted by molar-refractivity contribution is 9.10. The van der Waals surface area contributed by atoms with Gasteiger partial charge in [-0.05, 0) is 58.7 Å². The van der Waals surface area contributed by atoms with Gasteiger partial charge in [0.05, 0.1) is 21.2 Å². The summed E-state index contributed by atoms with van der Waals surface area (Å²) in [5.74, 6) is 0.160. The van der Waals surface area contributed by atoms with Crippen molar-refractivity contribution in [2.24, 2.45) is 0 Å². The second-order valence-electron chi connectivity index (χ2n) is 4.82. The molecule has 0 spiro atoms. The smallest absolute Gasteiger partial charge is 0.140 e. The normalized spacial score (nSPS) is 11.2. The van der Waals surface area contributed by atoms with E-state index in [2.05, 4.69) is 20.9 Å². The Hall–Kier alpha value is -1.92. The van der Waals surface area contributed by atoms with Gasteiger partial charge in [-0.3, -0.25) is 4.57 Å². The molecule has 0 aliphatic rings. The van der Waals surface area contributed by atoms with Crippen LogP contribution in [0.25, 0.3) is 16.7 Å². The Labute approximate surface area is 129 Å². The van der Waals surface area contributed by atoms with Crippen LogP contribution in [0.4, 0.5) is 10.1 Å². The van der Waals surface area contributed by atoms with E-state index in [1.165, 1.54) is 6.07 Å². The van der Waals surface area contributed by atoms with Crippen LogP contribution in [0.2, 0.25) is 0 Å². The molecular formula is C15H13BrFN3O. The van der Waals surface area contributed by atoms with Crippen molar-refractivity contribution >= 4 is 32.7 Å². The van der Waals surface area contributed by atoms with Crippen molar-refractivity contribution in [3.63, 3.8) is 0 Å². The molecule has 0 unspecified atom stereocenters. The summed E-state index contributed by atoms with van der Waals surface area (Å²) >= 11 is 3.20. The van der Waals surface area contributed by atoms with Crippen LogP contribution in [-0.2, 0) is 6.61 Å². The van der Waals surface area contributed by atoms with Crippen LogP contribution in [0, 0.1) is 12.7 Å². The molecule has 3 N–H and O–H groups in total. The number of aryl methyl sites for hydroxylation is 1. The first kappa shape index (κ1) is 14.0. The largest absolute Gasteiger partial charge is 0.399 e. The number of benzene rings is 2. The highest BCUT2D eigenvalue weighted by Gasteiger charge is 2.15. The first-order valence-electron chi connectivity index (χ1n) is 6.35. The lowest BCUT2D eigenvalue weighted by molar-refractivity contribution is 0.270. The maximum absolute atomic E-state index is 13.6. The molecule has 21 heavy (non-hydrogen) atoms. The van der Waals surface area contributed by atoms with Gasteiger partial charge in [-0.25, -0.2) is 9.37 Å². The number of hydrogen-bond acceptors (Lipinski definition) is 3. The number of nitrogen functional groups attached to an aromatic ring is 1. The van der Waals surface area contributed by atoms with Gasteiger partial charge in [-0.15, -0.1) is 0 Å². The van der Waals surface area contributed by atoms with E-state index >= 15 is 0 Å². The average Bonchev–Trinajstić information content (AvgIpc) is 2.80. The topological polar surface area (TPSA) is 64.1 Å². The van der Waals surface area contributed by atoms with Crippen LogP contribution in [0.5, 0.6) is 0 Å². The van der Waals surface area contributed by atoms with Gasteiger partial charge in [-0.2, -0.15) is 0 Å². The Balaban J connectivity index is 2.36. The van der Waals surface area contributed by atoms with Gasteiger partial charge in [-0.1, -0.05) is 0 Å². The van der Waals surface area contributed by atoms with Crippen LogP contribution >= 0.6 is 15.9 Å². The SMILES string of the molecule is Cc1cc(F)c(Br)cc1-n1c(CO)nc2cc(N)ccc21. The number of hydrogen-bond donors (Lipinski definition) is 2. The van der Waals surface area contributed by atoms with Crippen molar-refractivity contribution in [1.82, 2.24) is 9.55 Å². The molecular weight excluding hydrogens is 337 g/mol. The number of anilines is 1. The van der Waals surface area contributed by atoms with Gasteiger partial charge in [0.1, 0.15) is 18.2 Å². The van der Waals surface area contributed by atoms with Gasteiger partial charge < -0.3 is 10.8 Å². The number of aromatic nitrogens is 2. The minimum Gasteiger partial charge on any atom is -0.399 e. The minimum absolute atomic E-state index is 0.219. The summed E-state index contributed by atoms with van der Waals surface area (Å²) in [5, 5.41) is 9.56. The van der Waals surface area contributed by atoms with E-state index in [1.807, 2.05) is 17.6 Å². The highest BCUT2D eigenvalue weighted by atomic mass is 79.9. The maximum Gasteiger partial charge on any atom is 0.140 e. The fourth-order valence-corrected chi connectivity index (χ4v) is 2.73. The molecule has 0 saturated carbocycles. The maximum atomic E-state index is 13.6. The molecule has 0 saturated heterocycles. The number of aliphatic hydroxyl groups is 1. The number of rotatable bonds is 2. The molecule has 4 nitrogen and oxygen atoms in total. The zero-order chi connectivity index (χ0) is 15.1. The Morgan fingerprint density at radius 3 is 2.81 bits per heavy atom. The minimum atomic E-state index is -0.324. The summed E-state index contributed by atoms with van der Waals surface area (Å²) in [7, 11) is 0. The average molecular weight is 350 g/mol. The number of halogens is 2. The van der Waals surface area contributed by atoms with Gasteiger partial charge in [0, 0.05) is 5.69 Å². The molecule has 108 valence electrons. The summed E-state index contributed by atoms with van der Waals surface area (Å²) < 4.78 is 15.8. The van der Waals surface area contributed by atoms with E-state index in [0.29, 0.717) is 21.5 Å². The van der Waals surface area contributed by atoms with Crippen molar-refractivity contribution in [1.29, 1.82) is 0 Å². The summed E-state index contributed by atoms with van der Waals surface area (Å²) in [5.41, 5.74) is 9.40. The number of nitrogens with two attached hydrogens (primary N) is 1. The standard InChI is InChI=1S/C15H13BrFN3O/c1-8-4-11(17)10(16)6-14(8)20-13-3-2-9(18)5-12(13)19-15(20)7-21/h2-6,21H,7,18H2,1H3. The fourth-order valence-electron chi connectivity index (χ4n) is 2.40. The van der Waals surface area contributed by atoms with Crippen molar-refractivity contribution in [2.45, 2.75) is 13.5 Å². The molecule has 3 aromatic rings. The first-order chi connectivity index (χ1) is 10.0. The zero-order valence-corrected chi connectivity index (χ0v) is 12.9. The van der Waals surface area contributed by atoms with Crippen molar-refractivity contribution < 1.29 is 9.50 Å². The van der Waals surface area contributed by atoms with Gasteiger partial charge in [0.15, 0.2) is 0 Å². The fraction of sp³-hybridized carbons (Fsp3) is 0.133. The molecule has 0 aliphatic carbocycles. The molecule has 0 amide bonds. The summed E-state index contributed by atoms with van der Waals surface area (Å²) in [6.45, 7) is 1.60. The third-order valence-corrected chi connectivity index (χ3v) is 3.98. The van der Waals surface area contributed by atoms with E-state index in [9.17, 15) is 9.50 Å².